The lowest BCUT2D eigenvalue weighted by Crippen LogP contribution is -2.48. The molecule has 0 aromatic heterocycles. The summed E-state index contributed by atoms with van der Waals surface area (Å²) in [5, 5.41) is 16.1. The van der Waals surface area contributed by atoms with Crippen LogP contribution in [0.25, 0.3) is 0 Å². The molecule has 1 amide bonds. The average molecular weight is 392 g/mol. The fraction of sp³-hybridized carbons (Fsp3) is 0.350. The number of piperidine rings is 1. The average Bonchev–Trinajstić information content (AvgIpc) is 2.67. The summed E-state index contributed by atoms with van der Waals surface area (Å²) in [6.45, 7) is 0.377. The second-order valence-electron chi connectivity index (χ2n) is 6.62. The standard InChI is InChI=1S/C20H22F2N2O4/c1-27-16-5-11(6-17(28-2)20(16)26)10-23-15-3-4-18(25)24-19(15)12-7-13(21)9-14(22)8-12/h5-9,15,19,23,26H,3-4,10H2,1-2H3,(H,24,25)/t15-,19+/m1/s1. The maximum atomic E-state index is 13.6. The van der Waals surface area contributed by atoms with Crippen LogP contribution in [0.2, 0.25) is 0 Å². The first-order valence-electron chi connectivity index (χ1n) is 8.84. The Hall–Kier alpha value is -2.87. The van der Waals surface area contributed by atoms with Crippen LogP contribution in [0.15, 0.2) is 30.3 Å². The number of phenols is 1. The third-order valence-corrected chi connectivity index (χ3v) is 4.75. The molecule has 3 rings (SSSR count). The molecule has 0 saturated carbocycles. The number of methoxy groups -OCH3 is 2. The lowest BCUT2D eigenvalue weighted by Gasteiger charge is -2.33. The van der Waals surface area contributed by atoms with E-state index in [2.05, 4.69) is 10.6 Å². The Kier molecular flexibility index (Phi) is 5.99. The van der Waals surface area contributed by atoms with Crippen molar-refractivity contribution in [3.8, 4) is 17.2 Å². The maximum Gasteiger partial charge on any atom is 0.220 e. The monoisotopic (exact) mass is 392 g/mol. The van der Waals surface area contributed by atoms with Crippen molar-refractivity contribution in [2.45, 2.75) is 31.5 Å². The number of phenolic OH excluding ortho intramolecular Hbond substituents is 1. The molecule has 1 fully saturated rings. The molecule has 0 aliphatic carbocycles. The summed E-state index contributed by atoms with van der Waals surface area (Å²) >= 11 is 0. The Morgan fingerprint density at radius 1 is 1.11 bits per heavy atom. The van der Waals surface area contributed by atoms with E-state index in [-0.39, 0.29) is 29.2 Å². The van der Waals surface area contributed by atoms with Crippen LogP contribution in [0.5, 0.6) is 17.2 Å². The van der Waals surface area contributed by atoms with Crippen molar-refractivity contribution in [3.63, 3.8) is 0 Å². The van der Waals surface area contributed by atoms with Crippen LogP contribution in [0, 0.1) is 11.6 Å². The molecule has 0 unspecified atom stereocenters. The third-order valence-electron chi connectivity index (χ3n) is 4.75. The van der Waals surface area contributed by atoms with Gasteiger partial charge in [-0.1, -0.05) is 0 Å². The minimum absolute atomic E-state index is 0.0909. The predicted molar refractivity (Wildman–Crippen MR) is 98.3 cm³/mol. The van der Waals surface area contributed by atoms with Gasteiger partial charge in [0.1, 0.15) is 11.6 Å². The molecule has 2 aromatic rings. The highest BCUT2D eigenvalue weighted by Crippen LogP contribution is 2.37. The number of carbonyl (C=O) groups is 1. The van der Waals surface area contributed by atoms with E-state index in [9.17, 15) is 18.7 Å². The molecular formula is C20H22F2N2O4. The van der Waals surface area contributed by atoms with E-state index >= 15 is 0 Å². The van der Waals surface area contributed by atoms with Crippen molar-refractivity contribution >= 4 is 5.91 Å². The van der Waals surface area contributed by atoms with E-state index in [0.717, 1.165) is 11.6 Å². The van der Waals surface area contributed by atoms with Gasteiger partial charge in [-0.15, -0.1) is 0 Å². The number of benzene rings is 2. The van der Waals surface area contributed by atoms with Crippen molar-refractivity contribution in [2.75, 3.05) is 14.2 Å². The van der Waals surface area contributed by atoms with E-state index in [4.69, 9.17) is 9.47 Å². The molecule has 28 heavy (non-hydrogen) atoms. The summed E-state index contributed by atoms with van der Waals surface area (Å²) in [6, 6.07) is 5.79. The molecule has 3 N–H and O–H groups in total. The Morgan fingerprint density at radius 3 is 2.29 bits per heavy atom. The van der Waals surface area contributed by atoms with Gasteiger partial charge in [-0.3, -0.25) is 4.79 Å². The van der Waals surface area contributed by atoms with Crippen molar-refractivity contribution < 1.29 is 28.2 Å². The van der Waals surface area contributed by atoms with Crippen molar-refractivity contribution in [2.24, 2.45) is 0 Å². The van der Waals surface area contributed by atoms with Gasteiger partial charge >= 0.3 is 0 Å². The Morgan fingerprint density at radius 2 is 1.71 bits per heavy atom. The van der Waals surface area contributed by atoms with Gasteiger partial charge in [0.15, 0.2) is 11.5 Å². The molecule has 0 spiro atoms. The fourth-order valence-corrected chi connectivity index (χ4v) is 3.39. The number of nitrogens with one attached hydrogen (secondary N) is 2. The van der Waals surface area contributed by atoms with Gasteiger partial charge in [-0.25, -0.2) is 8.78 Å². The molecular weight excluding hydrogens is 370 g/mol. The second kappa shape index (κ2) is 8.43. The largest absolute Gasteiger partial charge is 0.502 e. The Bertz CT molecular complexity index is 830. The molecule has 2 aromatic carbocycles. The second-order valence-corrected chi connectivity index (χ2v) is 6.62. The fourth-order valence-electron chi connectivity index (χ4n) is 3.39. The normalized spacial score (nSPS) is 19.2. The molecule has 0 radical (unpaired) electrons. The van der Waals surface area contributed by atoms with Crippen LogP contribution in [-0.2, 0) is 11.3 Å². The molecule has 1 saturated heterocycles. The smallest absolute Gasteiger partial charge is 0.220 e. The van der Waals surface area contributed by atoms with E-state index in [1.54, 1.807) is 12.1 Å². The van der Waals surface area contributed by atoms with Gasteiger partial charge in [0, 0.05) is 25.1 Å². The molecule has 6 nitrogen and oxygen atoms in total. The molecule has 1 aliphatic heterocycles. The van der Waals surface area contributed by atoms with Gasteiger partial charge in [0.25, 0.3) is 0 Å². The highest BCUT2D eigenvalue weighted by molar-refractivity contribution is 5.77. The molecule has 8 heteroatoms. The van der Waals surface area contributed by atoms with Gasteiger partial charge < -0.3 is 25.2 Å². The number of hydrogen-bond donors (Lipinski definition) is 3. The highest BCUT2D eigenvalue weighted by atomic mass is 19.1. The number of carbonyl (C=O) groups excluding carboxylic acids is 1. The number of aromatic hydroxyl groups is 1. The zero-order valence-corrected chi connectivity index (χ0v) is 15.6. The summed E-state index contributed by atoms with van der Waals surface area (Å²) in [5.41, 5.74) is 1.15. The molecule has 1 aliphatic rings. The van der Waals surface area contributed by atoms with Gasteiger partial charge in [-0.2, -0.15) is 0 Å². The number of halogens is 2. The van der Waals surface area contributed by atoms with Crippen LogP contribution in [0.1, 0.15) is 30.0 Å². The minimum atomic E-state index is -0.693. The highest BCUT2D eigenvalue weighted by Gasteiger charge is 2.30. The minimum Gasteiger partial charge on any atom is -0.502 e. The molecule has 1 heterocycles. The van der Waals surface area contributed by atoms with Crippen molar-refractivity contribution in [1.29, 1.82) is 0 Å². The lowest BCUT2D eigenvalue weighted by atomic mass is 9.91. The van der Waals surface area contributed by atoms with E-state index < -0.39 is 17.7 Å². The Balaban J connectivity index is 1.81. The molecule has 150 valence electrons. The van der Waals surface area contributed by atoms with E-state index in [1.807, 2.05) is 0 Å². The predicted octanol–water partition coefficient (Wildman–Crippen LogP) is 2.80. The quantitative estimate of drug-likeness (QED) is 0.705. The van der Waals surface area contributed by atoms with Crippen LogP contribution >= 0.6 is 0 Å². The lowest BCUT2D eigenvalue weighted by molar-refractivity contribution is -0.123. The van der Waals surface area contributed by atoms with Gasteiger partial charge in [-0.05, 0) is 41.8 Å². The first-order valence-corrected chi connectivity index (χ1v) is 8.84. The summed E-state index contributed by atoms with van der Waals surface area (Å²) in [6.07, 6.45) is 0.829. The van der Waals surface area contributed by atoms with Crippen molar-refractivity contribution in [1.82, 2.24) is 10.6 Å². The summed E-state index contributed by atoms with van der Waals surface area (Å²) < 4.78 is 37.6. The SMILES string of the molecule is COc1cc(CN[C@@H]2CCC(=O)N[C@H]2c2cc(F)cc(F)c2)cc(OC)c1O. The number of amides is 1. The topological polar surface area (TPSA) is 79.8 Å². The van der Waals surface area contributed by atoms with Crippen LogP contribution < -0.4 is 20.1 Å². The summed E-state index contributed by atoms with van der Waals surface area (Å²) in [5.74, 6) is -1.09. The summed E-state index contributed by atoms with van der Waals surface area (Å²) in [4.78, 5) is 11.9. The first kappa shape index (κ1) is 19.9. The zero-order valence-electron chi connectivity index (χ0n) is 15.6. The first-order chi connectivity index (χ1) is 13.4. The maximum absolute atomic E-state index is 13.6. The summed E-state index contributed by atoms with van der Waals surface area (Å²) in [7, 11) is 2.88. The number of ether oxygens (including phenoxy) is 2. The number of rotatable bonds is 6. The molecule has 0 bridgehead atoms. The van der Waals surface area contributed by atoms with Crippen LogP contribution in [-0.4, -0.2) is 31.3 Å². The molecule has 2 atom stereocenters. The van der Waals surface area contributed by atoms with Gasteiger partial charge in [0.2, 0.25) is 11.7 Å². The van der Waals surface area contributed by atoms with E-state index in [0.29, 0.717) is 24.9 Å². The van der Waals surface area contributed by atoms with Crippen molar-refractivity contribution in [3.05, 3.63) is 53.1 Å². The van der Waals surface area contributed by atoms with Gasteiger partial charge in [0.05, 0.1) is 20.3 Å². The Labute approximate surface area is 161 Å². The van der Waals surface area contributed by atoms with Crippen LogP contribution in [0.4, 0.5) is 8.78 Å². The third kappa shape index (κ3) is 4.33. The number of hydrogen-bond acceptors (Lipinski definition) is 5. The van der Waals surface area contributed by atoms with E-state index in [1.165, 1.54) is 26.4 Å². The zero-order chi connectivity index (χ0) is 20.3. The van der Waals surface area contributed by atoms with Crippen LogP contribution in [0.3, 0.4) is 0 Å².